The molecule has 1 aromatic heterocycles. The molecule has 152 valence electrons. The van der Waals surface area contributed by atoms with Crippen LogP contribution in [0.25, 0.3) is 10.8 Å². The fourth-order valence-corrected chi connectivity index (χ4v) is 3.15. The van der Waals surface area contributed by atoms with Crippen LogP contribution in [0.4, 0.5) is 0 Å². The molecule has 30 heavy (non-hydrogen) atoms. The molecule has 1 heterocycles. The molecule has 3 rings (SSSR count). The predicted octanol–water partition coefficient (Wildman–Crippen LogP) is -1.51. The van der Waals surface area contributed by atoms with E-state index in [9.17, 15) is 14.7 Å². The number of hydrogen-bond donors (Lipinski definition) is 0. The number of carbonyl (C=O) groups excluding carboxylic acids is 1. The predicted molar refractivity (Wildman–Crippen MR) is 107 cm³/mol. The third-order valence-corrected chi connectivity index (χ3v) is 4.60. The SMILES string of the molecule is CCOC(Cc1ccc(OCCn2nc(C)c3ccccc3c2=O)cc1)C(=O)[O-].[Na+]. The number of aromatic nitrogens is 2. The maximum absolute atomic E-state index is 12.6. The van der Waals surface area contributed by atoms with Crippen molar-refractivity contribution in [3.05, 3.63) is 70.1 Å². The van der Waals surface area contributed by atoms with Gasteiger partial charge in [0.15, 0.2) is 0 Å². The topological polar surface area (TPSA) is 93.5 Å². The molecule has 8 heteroatoms. The molecule has 0 aliphatic heterocycles. The number of carboxylic acid groups (broad SMARTS) is 1. The van der Waals surface area contributed by atoms with E-state index in [1.807, 2.05) is 25.1 Å². The first-order chi connectivity index (χ1) is 14.0. The smallest absolute Gasteiger partial charge is 0.547 e. The van der Waals surface area contributed by atoms with Crippen molar-refractivity contribution in [1.82, 2.24) is 9.78 Å². The quantitative estimate of drug-likeness (QED) is 0.392. The van der Waals surface area contributed by atoms with Gasteiger partial charge < -0.3 is 19.4 Å². The van der Waals surface area contributed by atoms with Crippen molar-refractivity contribution >= 4 is 16.7 Å². The first-order valence-corrected chi connectivity index (χ1v) is 9.50. The van der Waals surface area contributed by atoms with Crippen LogP contribution in [-0.2, 0) is 22.5 Å². The Morgan fingerprint density at radius 3 is 2.43 bits per heavy atom. The van der Waals surface area contributed by atoms with E-state index in [-0.39, 0.29) is 48.1 Å². The number of fused-ring (bicyclic) bond motifs is 1. The molecule has 1 unspecified atom stereocenters. The fraction of sp³-hybridized carbons (Fsp3) is 0.318. The van der Waals surface area contributed by atoms with E-state index >= 15 is 0 Å². The Kier molecular flexibility index (Phi) is 9.05. The van der Waals surface area contributed by atoms with Crippen molar-refractivity contribution in [2.24, 2.45) is 0 Å². The number of hydrogen-bond acceptors (Lipinski definition) is 6. The zero-order valence-electron chi connectivity index (χ0n) is 17.5. The third kappa shape index (κ3) is 5.92. The molecule has 0 bridgehead atoms. The van der Waals surface area contributed by atoms with Crippen LogP contribution in [0, 0.1) is 6.92 Å². The summed E-state index contributed by atoms with van der Waals surface area (Å²) in [6.07, 6.45) is -0.743. The summed E-state index contributed by atoms with van der Waals surface area (Å²) >= 11 is 0. The van der Waals surface area contributed by atoms with Gasteiger partial charge in [0.25, 0.3) is 5.56 Å². The fourth-order valence-electron chi connectivity index (χ4n) is 3.15. The molecule has 0 fully saturated rings. The molecule has 0 N–H and O–H groups in total. The first-order valence-electron chi connectivity index (χ1n) is 9.50. The minimum absolute atomic E-state index is 0. The van der Waals surface area contributed by atoms with Crippen LogP contribution in [0.1, 0.15) is 18.2 Å². The standard InChI is InChI=1S/C22H24N2O5.Na/c1-3-28-20(22(26)27)14-16-8-10-17(11-9-16)29-13-12-24-21(25)19-7-5-4-6-18(19)15(2)23-24;/h4-11,20H,3,12-14H2,1-2H3,(H,26,27);/q;+1/p-1. The summed E-state index contributed by atoms with van der Waals surface area (Å²) in [5.41, 5.74) is 1.46. The van der Waals surface area contributed by atoms with Crippen molar-refractivity contribution in [2.75, 3.05) is 13.2 Å². The van der Waals surface area contributed by atoms with Gasteiger partial charge in [0.2, 0.25) is 0 Å². The van der Waals surface area contributed by atoms with Crippen LogP contribution < -0.4 is 45.0 Å². The van der Waals surface area contributed by atoms with Gasteiger partial charge in [-0.3, -0.25) is 4.79 Å². The molecule has 0 spiro atoms. The van der Waals surface area contributed by atoms with E-state index in [1.54, 1.807) is 37.3 Å². The average molecular weight is 418 g/mol. The molecule has 0 amide bonds. The minimum atomic E-state index is -1.23. The van der Waals surface area contributed by atoms with Crippen LogP contribution >= 0.6 is 0 Å². The van der Waals surface area contributed by atoms with Crippen molar-refractivity contribution in [2.45, 2.75) is 32.9 Å². The summed E-state index contributed by atoms with van der Waals surface area (Å²) in [7, 11) is 0. The molecular formula is C22H23N2NaO5. The van der Waals surface area contributed by atoms with E-state index in [2.05, 4.69) is 5.10 Å². The molecule has 0 radical (unpaired) electrons. The Labute approximate surface area is 196 Å². The Balaban J connectivity index is 0.00000320. The van der Waals surface area contributed by atoms with Crippen LogP contribution in [0.15, 0.2) is 53.3 Å². The van der Waals surface area contributed by atoms with Gasteiger partial charge in [-0.05, 0) is 37.6 Å². The van der Waals surface area contributed by atoms with Gasteiger partial charge in [0, 0.05) is 18.4 Å². The summed E-state index contributed by atoms with van der Waals surface area (Å²) < 4.78 is 12.3. The van der Waals surface area contributed by atoms with E-state index in [0.717, 1.165) is 16.6 Å². The number of benzene rings is 2. The van der Waals surface area contributed by atoms with Gasteiger partial charge in [-0.2, -0.15) is 5.10 Å². The van der Waals surface area contributed by atoms with Gasteiger partial charge in [-0.1, -0.05) is 30.3 Å². The van der Waals surface area contributed by atoms with Gasteiger partial charge >= 0.3 is 29.6 Å². The minimum Gasteiger partial charge on any atom is -0.547 e. The second-order valence-corrected chi connectivity index (χ2v) is 6.62. The van der Waals surface area contributed by atoms with E-state index < -0.39 is 12.1 Å². The largest absolute Gasteiger partial charge is 1.00 e. The van der Waals surface area contributed by atoms with Crippen molar-refractivity contribution < 1.29 is 48.9 Å². The van der Waals surface area contributed by atoms with Crippen molar-refractivity contribution in [1.29, 1.82) is 0 Å². The zero-order chi connectivity index (χ0) is 20.8. The maximum atomic E-state index is 12.6. The molecule has 2 aromatic carbocycles. The Morgan fingerprint density at radius 1 is 1.13 bits per heavy atom. The van der Waals surface area contributed by atoms with E-state index in [1.165, 1.54) is 4.68 Å². The Hall–Kier alpha value is -2.19. The normalized spacial score (nSPS) is 11.7. The number of aliphatic carboxylic acids is 1. The second-order valence-electron chi connectivity index (χ2n) is 6.62. The number of nitrogens with zero attached hydrogens (tertiary/aromatic N) is 2. The molecule has 0 aliphatic rings. The number of rotatable bonds is 9. The average Bonchev–Trinajstić information content (AvgIpc) is 2.72. The summed E-state index contributed by atoms with van der Waals surface area (Å²) in [6.45, 7) is 4.53. The molecule has 0 saturated carbocycles. The van der Waals surface area contributed by atoms with Crippen molar-refractivity contribution in [3.8, 4) is 5.75 Å². The Bertz CT molecular complexity index is 1050. The van der Waals surface area contributed by atoms with Crippen LogP contribution in [0.3, 0.4) is 0 Å². The summed E-state index contributed by atoms with van der Waals surface area (Å²) in [5, 5.41) is 16.9. The molecule has 1 atom stereocenters. The van der Waals surface area contributed by atoms with Gasteiger partial charge in [-0.25, -0.2) is 4.68 Å². The van der Waals surface area contributed by atoms with Gasteiger partial charge in [0.1, 0.15) is 18.5 Å². The first kappa shape index (κ1) is 24.1. The molecule has 3 aromatic rings. The van der Waals surface area contributed by atoms with Crippen LogP contribution in [0.2, 0.25) is 0 Å². The van der Waals surface area contributed by atoms with E-state index in [0.29, 0.717) is 24.3 Å². The second kappa shape index (κ2) is 11.3. The van der Waals surface area contributed by atoms with E-state index in [4.69, 9.17) is 9.47 Å². The van der Waals surface area contributed by atoms with Crippen LogP contribution in [-0.4, -0.2) is 35.1 Å². The number of aryl methyl sites for hydroxylation is 1. The number of ether oxygens (including phenoxy) is 2. The third-order valence-electron chi connectivity index (χ3n) is 4.60. The summed E-state index contributed by atoms with van der Waals surface area (Å²) in [4.78, 5) is 23.6. The number of carboxylic acids is 1. The maximum Gasteiger partial charge on any atom is 1.00 e. The number of carbonyl (C=O) groups is 1. The van der Waals surface area contributed by atoms with Crippen LogP contribution in [0.5, 0.6) is 5.75 Å². The Morgan fingerprint density at radius 2 is 1.80 bits per heavy atom. The molecule has 0 saturated heterocycles. The zero-order valence-corrected chi connectivity index (χ0v) is 19.5. The van der Waals surface area contributed by atoms with Crippen molar-refractivity contribution in [3.63, 3.8) is 0 Å². The summed E-state index contributed by atoms with van der Waals surface area (Å²) in [6, 6.07) is 14.5. The molecule has 7 nitrogen and oxygen atoms in total. The molecular weight excluding hydrogens is 395 g/mol. The monoisotopic (exact) mass is 418 g/mol. The van der Waals surface area contributed by atoms with Gasteiger partial charge in [0.05, 0.1) is 23.6 Å². The van der Waals surface area contributed by atoms with Gasteiger partial charge in [-0.15, -0.1) is 0 Å². The molecule has 0 aliphatic carbocycles. The summed E-state index contributed by atoms with van der Waals surface area (Å²) in [5.74, 6) is -0.600.